The summed E-state index contributed by atoms with van der Waals surface area (Å²) in [6.07, 6.45) is 2.10. The predicted octanol–water partition coefficient (Wildman–Crippen LogP) is 0.0112. The molecule has 11 heavy (non-hydrogen) atoms. The van der Waals surface area contributed by atoms with Crippen LogP contribution in [-0.2, 0) is 0 Å². The molecule has 1 aromatic heterocycles. The molecule has 0 fully saturated rings. The molecule has 0 bridgehead atoms. The first-order chi connectivity index (χ1) is 5.33. The van der Waals surface area contributed by atoms with E-state index in [1.165, 1.54) is 0 Å². The van der Waals surface area contributed by atoms with Crippen LogP contribution in [0.3, 0.4) is 0 Å². The van der Waals surface area contributed by atoms with Gasteiger partial charge < -0.3 is 9.73 Å². The summed E-state index contributed by atoms with van der Waals surface area (Å²) in [7, 11) is 0. The summed E-state index contributed by atoms with van der Waals surface area (Å²) in [5.41, 5.74) is 0. The van der Waals surface area contributed by atoms with Gasteiger partial charge in [0.25, 0.3) is 0 Å². The van der Waals surface area contributed by atoms with Crippen LogP contribution >= 0.6 is 0 Å². The van der Waals surface area contributed by atoms with E-state index < -0.39 is 0 Å². The molecule has 1 rings (SSSR count). The zero-order valence-corrected chi connectivity index (χ0v) is 5.92. The molecule has 0 aromatic carbocycles. The average Bonchev–Trinajstić information content (AvgIpc) is 2.40. The maximum Gasteiger partial charge on any atom is 0.324 e. The highest BCUT2D eigenvalue weighted by atomic mass is 16.4. The van der Waals surface area contributed by atoms with Crippen molar-refractivity contribution in [2.75, 3.05) is 11.9 Å². The highest BCUT2D eigenvalue weighted by Crippen LogP contribution is 1.95. The van der Waals surface area contributed by atoms with Crippen molar-refractivity contribution in [2.45, 2.75) is 6.92 Å². The van der Waals surface area contributed by atoms with E-state index in [1.807, 2.05) is 0 Å². The third kappa shape index (κ3) is 2.24. The third-order valence-corrected chi connectivity index (χ3v) is 0.882. The summed E-state index contributed by atoms with van der Waals surface area (Å²) in [5.74, 6) is 0. The molecular formula is C5H7N4O2. The summed E-state index contributed by atoms with van der Waals surface area (Å²) in [5, 5.41) is 11.4. The number of nitrogens with one attached hydrogen (secondary N) is 2. The summed E-state index contributed by atoms with van der Waals surface area (Å²) in [4.78, 5) is 10.7. The molecule has 1 heterocycles. The van der Waals surface area contributed by atoms with Crippen LogP contribution in [0.4, 0.5) is 10.8 Å². The van der Waals surface area contributed by atoms with Crippen LogP contribution in [0.2, 0.25) is 0 Å². The van der Waals surface area contributed by atoms with Gasteiger partial charge in [-0.05, 0) is 6.92 Å². The van der Waals surface area contributed by atoms with Crippen LogP contribution in [0, 0.1) is 6.39 Å². The van der Waals surface area contributed by atoms with Gasteiger partial charge in [-0.25, -0.2) is 4.79 Å². The molecule has 2 N–H and O–H groups in total. The number of amides is 2. The van der Waals surface area contributed by atoms with Crippen LogP contribution in [0.5, 0.6) is 0 Å². The number of hydrogen-bond donors (Lipinski definition) is 2. The Labute approximate surface area is 63.0 Å². The smallest absolute Gasteiger partial charge is 0.324 e. The second-order valence-electron chi connectivity index (χ2n) is 1.68. The van der Waals surface area contributed by atoms with E-state index in [0.29, 0.717) is 6.54 Å². The number of rotatable bonds is 2. The molecule has 0 aliphatic heterocycles. The summed E-state index contributed by atoms with van der Waals surface area (Å²) >= 11 is 0. The average molecular weight is 155 g/mol. The molecular weight excluding hydrogens is 148 g/mol. The normalized spacial score (nSPS) is 9.18. The quantitative estimate of drug-likeness (QED) is 0.630. The Morgan fingerprint density at radius 1 is 1.82 bits per heavy atom. The van der Waals surface area contributed by atoms with Gasteiger partial charge in [0.1, 0.15) is 0 Å². The monoisotopic (exact) mass is 155 g/mol. The minimum atomic E-state index is -0.370. The molecule has 6 nitrogen and oxygen atoms in total. The van der Waals surface area contributed by atoms with E-state index in [2.05, 4.69) is 31.6 Å². The Morgan fingerprint density at radius 3 is 3.18 bits per heavy atom. The SMILES string of the molecule is CCNC(=O)Nc1nn[c]o1. The van der Waals surface area contributed by atoms with Crippen LogP contribution < -0.4 is 10.6 Å². The van der Waals surface area contributed by atoms with E-state index in [-0.39, 0.29) is 12.0 Å². The van der Waals surface area contributed by atoms with Crippen LogP contribution in [0.15, 0.2) is 4.42 Å². The minimum absolute atomic E-state index is 0.0379. The number of hydrogen-bond acceptors (Lipinski definition) is 4. The first kappa shape index (κ1) is 7.52. The summed E-state index contributed by atoms with van der Waals surface area (Å²) in [6.45, 7) is 2.35. The minimum Gasteiger partial charge on any atom is -0.399 e. The van der Waals surface area contributed by atoms with Gasteiger partial charge >= 0.3 is 18.4 Å². The maximum absolute atomic E-state index is 10.7. The van der Waals surface area contributed by atoms with E-state index in [1.54, 1.807) is 6.92 Å². The van der Waals surface area contributed by atoms with Gasteiger partial charge in [-0.1, -0.05) is 5.10 Å². The van der Waals surface area contributed by atoms with Gasteiger partial charge in [-0.3, -0.25) is 5.32 Å². The second-order valence-corrected chi connectivity index (χ2v) is 1.68. The molecule has 0 aliphatic carbocycles. The molecule has 0 spiro atoms. The van der Waals surface area contributed by atoms with Gasteiger partial charge in [0.05, 0.1) is 0 Å². The predicted molar refractivity (Wildman–Crippen MR) is 35.8 cm³/mol. The van der Waals surface area contributed by atoms with E-state index >= 15 is 0 Å². The second kappa shape index (κ2) is 3.55. The lowest BCUT2D eigenvalue weighted by atomic mass is 10.7. The number of urea groups is 1. The van der Waals surface area contributed by atoms with Gasteiger partial charge in [0.15, 0.2) is 0 Å². The number of aromatic nitrogens is 2. The van der Waals surface area contributed by atoms with Crippen molar-refractivity contribution in [3.05, 3.63) is 6.39 Å². The first-order valence-electron chi connectivity index (χ1n) is 3.07. The van der Waals surface area contributed by atoms with Crippen molar-refractivity contribution in [3.8, 4) is 0 Å². The highest BCUT2D eigenvalue weighted by Gasteiger charge is 2.02. The zero-order chi connectivity index (χ0) is 8.10. The topological polar surface area (TPSA) is 80.0 Å². The van der Waals surface area contributed by atoms with Crippen molar-refractivity contribution in [1.82, 2.24) is 15.5 Å². The van der Waals surface area contributed by atoms with Crippen molar-refractivity contribution < 1.29 is 9.21 Å². The molecule has 1 radical (unpaired) electrons. The number of nitrogens with zero attached hydrogens (tertiary/aromatic N) is 2. The van der Waals surface area contributed by atoms with Gasteiger partial charge in [-0.15, -0.1) is 5.10 Å². The molecule has 59 valence electrons. The standard InChI is InChI=1S/C5H7N4O2/c1-2-6-4(10)8-5-9-7-3-11-5/h2H2,1H3,(H2,6,8,9,10). The van der Waals surface area contributed by atoms with Gasteiger partial charge in [-0.2, -0.15) is 0 Å². The maximum atomic E-state index is 10.7. The Bertz CT molecular complexity index is 220. The molecule has 0 aliphatic rings. The molecule has 2 amide bonds. The molecule has 0 unspecified atom stereocenters. The van der Waals surface area contributed by atoms with Crippen molar-refractivity contribution in [3.63, 3.8) is 0 Å². The Balaban J connectivity index is 2.37. The number of anilines is 1. The fourth-order valence-electron chi connectivity index (χ4n) is 0.502. The van der Waals surface area contributed by atoms with Gasteiger partial charge in [0.2, 0.25) is 0 Å². The molecule has 0 saturated heterocycles. The van der Waals surface area contributed by atoms with Crippen molar-refractivity contribution >= 4 is 12.0 Å². The van der Waals surface area contributed by atoms with E-state index in [9.17, 15) is 4.79 Å². The molecule has 1 aromatic rings. The first-order valence-corrected chi connectivity index (χ1v) is 3.07. The zero-order valence-electron chi connectivity index (χ0n) is 5.92. The van der Waals surface area contributed by atoms with Gasteiger partial charge in [0, 0.05) is 6.54 Å². The number of carbonyl (C=O) groups excluding carboxylic acids is 1. The third-order valence-electron chi connectivity index (χ3n) is 0.882. The van der Waals surface area contributed by atoms with Crippen LogP contribution in [-0.4, -0.2) is 22.8 Å². The van der Waals surface area contributed by atoms with Crippen LogP contribution in [0.25, 0.3) is 0 Å². The summed E-state index contributed by atoms with van der Waals surface area (Å²) < 4.78 is 4.53. The summed E-state index contributed by atoms with van der Waals surface area (Å²) in [6, 6.07) is -0.332. The highest BCUT2D eigenvalue weighted by molar-refractivity contribution is 5.86. The van der Waals surface area contributed by atoms with E-state index in [0.717, 1.165) is 0 Å². The molecule has 0 saturated carbocycles. The Morgan fingerprint density at radius 2 is 2.64 bits per heavy atom. The fourth-order valence-corrected chi connectivity index (χ4v) is 0.502. The lowest BCUT2D eigenvalue weighted by molar-refractivity contribution is 0.252. The lowest BCUT2D eigenvalue weighted by Crippen LogP contribution is -2.28. The Kier molecular flexibility index (Phi) is 2.42. The fraction of sp³-hybridized carbons (Fsp3) is 0.400. The molecule has 0 atom stereocenters. The van der Waals surface area contributed by atoms with Crippen molar-refractivity contribution in [1.29, 1.82) is 0 Å². The number of carbonyl (C=O) groups is 1. The van der Waals surface area contributed by atoms with E-state index in [4.69, 9.17) is 0 Å². The van der Waals surface area contributed by atoms with Crippen molar-refractivity contribution in [2.24, 2.45) is 0 Å². The van der Waals surface area contributed by atoms with Crippen LogP contribution in [0.1, 0.15) is 6.92 Å². The largest absolute Gasteiger partial charge is 0.399 e. The lowest BCUT2D eigenvalue weighted by Gasteiger charge is -1.98. The molecule has 6 heteroatoms. The Hall–Kier alpha value is -1.59.